The maximum atomic E-state index is 5.37. The van der Waals surface area contributed by atoms with Crippen LogP contribution in [0.25, 0.3) is 0 Å². The first-order valence-electron chi connectivity index (χ1n) is 5.55. The van der Waals surface area contributed by atoms with Crippen LogP contribution in [0.1, 0.15) is 33.6 Å². The Kier molecular flexibility index (Phi) is 4.74. The molecule has 0 bridgehead atoms. The second-order valence-electron chi connectivity index (χ2n) is 4.32. The summed E-state index contributed by atoms with van der Waals surface area (Å²) in [5, 5.41) is 0. The largest absolute Gasteiger partial charge is 0.381 e. The molecule has 0 unspecified atom stereocenters. The second-order valence-corrected chi connectivity index (χ2v) is 4.32. The minimum absolute atomic E-state index is 0.779. The van der Waals surface area contributed by atoms with Gasteiger partial charge in [-0.05, 0) is 25.3 Å². The van der Waals surface area contributed by atoms with E-state index in [0.717, 1.165) is 25.2 Å². The summed E-state index contributed by atoms with van der Waals surface area (Å²) in [4.78, 5) is 2.60. The Morgan fingerprint density at radius 2 is 1.92 bits per heavy atom. The lowest BCUT2D eigenvalue weighted by Gasteiger charge is -2.34. The third-order valence-corrected chi connectivity index (χ3v) is 2.71. The Balaban J connectivity index is 2.34. The summed E-state index contributed by atoms with van der Waals surface area (Å²) < 4.78 is 5.37. The van der Waals surface area contributed by atoms with Crippen molar-refractivity contribution in [3.63, 3.8) is 0 Å². The first-order valence-corrected chi connectivity index (χ1v) is 5.55. The highest BCUT2D eigenvalue weighted by molar-refractivity contribution is 4.74. The van der Waals surface area contributed by atoms with Crippen molar-refractivity contribution in [2.75, 3.05) is 26.3 Å². The summed E-state index contributed by atoms with van der Waals surface area (Å²) in [7, 11) is 0. The average molecular weight is 185 g/mol. The van der Waals surface area contributed by atoms with Gasteiger partial charge in [0.15, 0.2) is 0 Å². The van der Waals surface area contributed by atoms with E-state index in [1.165, 1.54) is 25.9 Å². The molecule has 0 atom stereocenters. The van der Waals surface area contributed by atoms with Crippen molar-refractivity contribution >= 4 is 0 Å². The molecule has 13 heavy (non-hydrogen) atoms. The molecule has 0 radical (unpaired) electrons. The first-order chi connectivity index (χ1) is 6.24. The molecule has 0 N–H and O–H groups in total. The summed E-state index contributed by atoms with van der Waals surface area (Å²) in [6, 6.07) is 0.779. The number of hydrogen-bond donors (Lipinski definition) is 0. The average Bonchev–Trinajstić information content (AvgIpc) is 2.15. The zero-order chi connectivity index (χ0) is 9.68. The molecule has 1 fully saturated rings. The van der Waals surface area contributed by atoms with E-state index < -0.39 is 0 Å². The molecule has 0 aromatic carbocycles. The zero-order valence-corrected chi connectivity index (χ0v) is 9.25. The van der Waals surface area contributed by atoms with Gasteiger partial charge in [0, 0.05) is 25.8 Å². The predicted molar refractivity (Wildman–Crippen MR) is 55.9 cm³/mol. The topological polar surface area (TPSA) is 12.5 Å². The van der Waals surface area contributed by atoms with E-state index in [9.17, 15) is 0 Å². The molecule has 78 valence electrons. The Morgan fingerprint density at radius 3 is 2.38 bits per heavy atom. The Labute approximate surface area is 82.3 Å². The number of hydrogen-bond acceptors (Lipinski definition) is 2. The van der Waals surface area contributed by atoms with Crippen LogP contribution in [0, 0.1) is 5.92 Å². The fourth-order valence-corrected chi connectivity index (χ4v) is 2.06. The molecule has 2 heteroatoms. The van der Waals surface area contributed by atoms with Gasteiger partial charge < -0.3 is 9.64 Å². The van der Waals surface area contributed by atoms with Gasteiger partial charge in [0.05, 0.1) is 0 Å². The van der Waals surface area contributed by atoms with E-state index in [0.29, 0.717) is 0 Å². The third kappa shape index (κ3) is 3.65. The first kappa shape index (κ1) is 11.0. The van der Waals surface area contributed by atoms with Crippen LogP contribution in [0.15, 0.2) is 0 Å². The van der Waals surface area contributed by atoms with Crippen LogP contribution in [-0.4, -0.2) is 37.2 Å². The molecule has 1 saturated heterocycles. The second kappa shape index (κ2) is 5.61. The minimum atomic E-state index is 0.779. The van der Waals surface area contributed by atoms with Crippen LogP contribution >= 0.6 is 0 Å². The smallest absolute Gasteiger partial charge is 0.0480 e. The van der Waals surface area contributed by atoms with Crippen LogP contribution in [0.2, 0.25) is 0 Å². The van der Waals surface area contributed by atoms with E-state index in [4.69, 9.17) is 4.74 Å². The quantitative estimate of drug-likeness (QED) is 0.665. The molecule has 2 nitrogen and oxygen atoms in total. The molecule has 0 aromatic heterocycles. The molecule has 1 aliphatic heterocycles. The molecule has 1 rings (SSSR count). The number of nitrogens with zero attached hydrogens (tertiary/aromatic N) is 1. The summed E-state index contributed by atoms with van der Waals surface area (Å²) in [6.07, 6.45) is 2.45. The van der Waals surface area contributed by atoms with Gasteiger partial charge in [0.1, 0.15) is 0 Å². The minimum Gasteiger partial charge on any atom is -0.381 e. The lowest BCUT2D eigenvalue weighted by atomic mass is 10.1. The van der Waals surface area contributed by atoms with Crippen LogP contribution in [0.4, 0.5) is 0 Å². The van der Waals surface area contributed by atoms with Gasteiger partial charge in [0.25, 0.3) is 0 Å². The van der Waals surface area contributed by atoms with Crippen LogP contribution < -0.4 is 0 Å². The normalized spacial score (nSPS) is 20.1. The predicted octanol–water partition coefficient (Wildman–Crippen LogP) is 2.14. The summed E-state index contributed by atoms with van der Waals surface area (Å²) in [5.74, 6) is 0.780. The Morgan fingerprint density at radius 1 is 1.31 bits per heavy atom. The van der Waals surface area contributed by atoms with Crippen molar-refractivity contribution < 1.29 is 4.74 Å². The maximum absolute atomic E-state index is 5.37. The number of rotatable bonds is 4. The van der Waals surface area contributed by atoms with Gasteiger partial charge in [0.2, 0.25) is 0 Å². The molecule has 1 aliphatic rings. The molecule has 0 aliphatic carbocycles. The molecular formula is C11H23NO. The van der Waals surface area contributed by atoms with E-state index >= 15 is 0 Å². The highest BCUT2D eigenvalue weighted by atomic mass is 16.5. The summed E-state index contributed by atoms with van der Waals surface area (Å²) in [5.41, 5.74) is 0. The van der Waals surface area contributed by atoms with E-state index in [1.807, 2.05) is 0 Å². The van der Waals surface area contributed by atoms with Crippen LogP contribution in [-0.2, 0) is 4.74 Å². The van der Waals surface area contributed by atoms with Gasteiger partial charge in [-0.3, -0.25) is 0 Å². The highest BCUT2D eigenvalue weighted by Gasteiger charge is 2.20. The molecule has 1 heterocycles. The van der Waals surface area contributed by atoms with Gasteiger partial charge in [-0.15, -0.1) is 0 Å². The van der Waals surface area contributed by atoms with E-state index in [2.05, 4.69) is 25.7 Å². The van der Waals surface area contributed by atoms with Crippen molar-refractivity contribution in [2.45, 2.75) is 39.7 Å². The van der Waals surface area contributed by atoms with E-state index in [1.54, 1.807) is 0 Å². The Hall–Kier alpha value is -0.0800. The highest BCUT2D eigenvalue weighted by Crippen LogP contribution is 2.15. The monoisotopic (exact) mass is 185 g/mol. The maximum Gasteiger partial charge on any atom is 0.0480 e. The van der Waals surface area contributed by atoms with Crippen molar-refractivity contribution in [1.82, 2.24) is 4.90 Å². The lowest BCUT2D eigenvalue weighted by molar-refractivity contribution is 0.0320. The van der Waals surface area contributed by atoms with Gasteiger partial charge >= 0.3 is 0 Å². The fourth-order valence-electron chi connectivity index (χ4n) is 2.06. The standard InChI is InChI=1S/C11H23NO/c1-4-12(9-10(2)3)11-5-7-13-8-6-11/h10-11H,4-9H2,1-3H3. The van der Waals surface area contributed by atoms with Gasteiger partial charge in [-0.1, -0.05) is 20.8 Å². The SMILES string of the molecule is CCN(CC(C)C)C1CCOCC1. The lowest BCUT2D eigenvalue weighted by Crippen LogP contribution is -2.41. The van der Waals surface area contributed by atoms with Crippen molar-refractivity contribution in [3.8, 4) is 0 Å². The van der Waals surface area contributed by atoms with Gasteiger partial charge in [-0.25, -0.2) is 0 Å². The van der Waals surface area contributed by atoms with Crippen molar-refractivity contribution in [3.05, 3.63) is 0 Å². The van der Waals surface area contributed by atoms with Gasteiger partial charge in [-0.2, -0.15) is 0 Å². The van der Waals surface area contributed by atoms with Crippen LogP contribution in [0.3, 0.4) is 0 Å². The molecular weight excluding hydrogens is 162 g/mol. The third-order valence-electron chi connectivity index (χ3n) is 2.71. The fraction of sp³-hybridized carbons (Fsp3) is 1.00. The molecule has 0 saturated carbocycles. The van der Waals surface area contributed by atoms with E-state index in [-0.39, 0.29) is 0 Å². The zero-order valence-electron chi connectivity index (χ0n) is 9.25. The summed E-state index contributed by atoms with van der Waals surface area (Å²) in [6.45, 7) is 11.2. The van der Waals surface area contributed by atoms with Crippen LogP contribution in [0.5, 0.6) is 0 Å². The Bertz CT molecular complexity index is 130. The summed E-state index contributed by atoms with van der Waals surface area (Å²) >= 11 is 0. The van der Waals surface area contributed by atoms with Crippen molar-refractivity contribution in [2.24, 2.45) is 5.92 Å². The molecule has 0 spiro atoms. The molecule has 0 aromatic rings. The van der Waals surface area contributed by atoms with Crippen molar-refractivity contribution in [1.29, 1.82) is 0 Å². The molecule has 0 amide bonds. The number of ether oxygens (including phenoxy) is 1.